The first-order valence-electron chi connectivity index (χ1n) is 3.30. The van der Waals surface area contributed by atoms with E-state index in [0.29, 0.717) is 0 Å². The zero-order valence-corrected chi connectivity index (χ0v) is 10.5. The topological polar surface area (TPSA) is 9.23 Å². The van der Waals surface area contributed by atoms with Gasteiger partial charge in [0.2, 0.25) is 4.33 Å². The second-order valence-electron chi connectivity index (χ2n) is 2.87. The molecule has 1 nitrogen and oxygen atoms in total. The SMILES string of the molecule is FC1(F)O[C@@](C(F)(F)Cl)(C(F)(Cl)Cl)C1(Cl)Cl. The van der Waals surface area contributed by atoms with Crippen LogP contribution in [0.2, 0.25) is 0 Å². The van der Waals surface area contributed by atoms with E-state index >= 15 is 0 Å². The highest BCUT2D eigenvalue weighted by Crippen LogP contribution is 2.71. The largest absolute Gasteiger partial charge is 0.393 e. The number of hydrogen-bond acceptors (Lipinski definition) is 1. The molecule has 0 N–H and O–H groups in total. The van der Waals surface area contributed by atoms with Gasteiger partial charge in [-0.15, -0.1) is 0 Å². The zero-order valence-electron chi connectivity index (χ0n) is 6.69. The predicted octanol–water partition coefficient (Wildman–Crippen LogP) is 4.45. The van der Waals surface area contributed by atoms with Crippen molar-refractivity contribution in [2.24, 2.45) is 0 Å². The van der Waals surface area contributed by atoms with Crippen molar-refractivity contribution in [2.45, 2.75) is 26.0 Å². The summed E-state index contributed by atoms with van der Waals surface area (Å²) in [4.78, 5) is 0. The Morgan fingerprint density at radius 3 is 1.38 bits per heavy atom. The highest BCUT2D eigenvalue weighted by molar-refractivity contribution is 6.55. The summed E-state index contributed by atoms with van der Waals surface area (Å²) in [6.07, 6.45) is -4.48. The molecule has 0 aromatic heterocycles. The van der Waals surface area contributed by atoms with Crippen LogP contribution in [0, 0.1) is 0 Å². The third-order valence-electron chi connectivity index (χ3n) is 1.89. The van der Waals surface area contributed by atoms with Gasteiger partial charge in [0.15, 0.2) is 0 Å². The fourth-order valence-corrected chi connectivity index (χ4v) is 3.06. The van der Waals surface area contributed by atoms with Crippen LogP contribution < -0.4 is 0 Å². The summed E-state index contributed by atoms with van der Waals surface area (Å²) < 4.78 is 59.9. The van der Waals surface area contributed by atoms with Gasteiger partial charge in [-0.1, -0.05) is 46.4 Å². The molecular weight excluding hydrogens is 348 g/mol. The maximum atomic E-state index is 13.2. The molecule has 1 atom stereocenters. The zero-order chi connectivity index (χ0) is 13.2. The molecule has 1 aliphatic heterocycles. The van der Waals surface area contributed by atoms with Crippen LogP contribution in [-0.4, -0.2) is 26.0 Å². The summed E-state index contributed by atoms with van der Waals surface area (Å²) in [5.41, 5.74) is -4.00. The monoisotopic (exact) mass is 346 g/mol. The normalized spacial score (nSPS) is 33.4. The molecule has 1 heterocycles. The highest BCUT2D eigenvalue weighted by atomic mass is 35.5. The number of alkyl halides is 10. The summed E-state index contributed by atoms with van der Waals surface area (Å²) in [6, 6.07) is 0. The maximum Gasteiger partial charge on any atom is 0.393 e. The van der Waals surface area contributed by atoms with Crippen molar-refractivity contribution in [3.8, 4) is 0 Å². The van der Waals surface area contributed by atoms with Crippen LogP contribution in [0.15, 0.2) is 0 Å². The molecular formula is C5Cl5F5O. The van der Waals surface area contributed by atoms with Crippen molar-refractivity contribution in [1.29, 1.82) is 0 Å². The van der Waals surface area contributed by atoms with E-state index < -0.39 is 26.0 Å². The van der Waals surface area contributed by atoms with Gasteiger partial charge >= 0.3 is 11.5 Å². The molecule has 0 aromatic rings. The standard InChI is InChI=1S/C5Cl5F5O/c6-2(7)1(3(8,9)11,4(10,12)13)16-5(2,14)15/t1-/m1/s1. The number of rotatable bonds is 2. The molecule has 0 unspecified atom stereocenters. The summed E-state index contributed by atoms with van der Waals surface area (Å²) in [6.45, 7) is 0. The van der Waals surface area contributed by atoms with Gasteiger partial charge in [0.1, 0.15) is 0 Å². The molecule has 1 rings (SSSR count). The van der Waals surface area contributed by atoms with E-state index in [1.807, 2.05) is 0 Å². The molecule has 0 spiro atoms. The molecule has 0 saturated carbocycles. The first-order chi connectivity index (χ1) is 6.71. The van der Waals surface area contributed by atoms with E-state index in [-0.39, 0.29) is 0 Å². The van der Waals surface area contributed by atoms with Gasteiger partial charge in [-0.2, -0.15) is 17.6 Å². The predicted molar refractivity (Wildman–Crippen MR) is 49.5 cm³/mol. The maximum absolute atomic E-state index is 13.2. The smallest absolute Gasteiger partial charge is 0.293 e. The van der Waals surface area contributed by atoms with Crippen LogP contribution in [0.5, 0.6) is 0 Å². The van der Waals surface area contributed by atoms with E-state index in [9.17, 15) is 22.0 Å². The minimum absolute atomic E-state index is 3.34. The first kappa shape index (κ1) is 15.1. The lowest BCUT2D eigenvalue weighted by Crippen LogP contribution is -2.83. The van der Waals surface area contributed by atoms with Crippen LogP contribution >= 0.6 is 58.0 Å². The summed E-state index contributed by atoms with van der Waals surface area (Å²) in [5.74, 6) is 0. The molecule has 16 heavy (non-hydrogen) atoms. The van der Waals surface area contributed by atoms with Crippen LogP contribution in [0.1, 0.15) is 0 Å². The van der Waals surface area contributed by atoms with Crippen LogP contribution in [-0.2, 0) is 4.74 Å². The van der Waals surface area contributed by atoms with E-state index in [1.165, 1.54) is 0 Å². The van der Waals surface area contributed by atoms with Crippen molar-refractivity contribution >= 4 is 58.0 Å². The Kier molecular flexibility index (Phi) is 3.35. The Morgan fingerprint density at radius 1 is 0.938 bits per heavy atom. The average molecular weight is 348 g/mol. The fraction of sp³-hybridized carbons (Fsp3) is 1.00. The van der Waals surface area contributed by atoms with Gasteiger partial charge in [0.25, 0.3) is 10.2 Å². The number of ether oxygens (including phenoxy) is 1. The minimum atomic E-state index is -4.77. The van der Waals surface area contributed by atoms with Gasteiger partial charge in [0.05, 0.1) is 0 Å². The summed E-state index contributed by atoms with van der Waals surface area (Å²) >= 11 is 23.6. The minimum Gasteiger partial charge on any atom is -0.293 e. The van der Waals surface area contributed by atoms with Gasteiger partial charge < -0.3 is 0 Å². The molecule has 96 valence electrons. The second kappa shape index (κ2) is 3.54. The Hall–Kier alpha value is 1.06. The molecule has 0 radical (unpaired) electrons. The lowest BCUT2D eigenvalue weighted by atomic mass is 9.92. The molecule has 1 fully saturated rings. The second-order valence-corrected chi connectivity index (χ2v) is 5.91. The van der Waals surface area contributed by atoms with E-state index in [4.69, 9.17) is 46.4 Å². The van der Waals surface area contributed by atoms with E-state index in [0.717, 1.165) is 0 Å². The lowest BCUT2D eigenvalue weighted by Gasteiger charge is -2.58. The number of hydrogen-bond donors (Lipinski definition) is 0. The van der Waals surface area contributed by atoms with E-state index in [1.54, 1.807) is 0 Å². The van der Waals surface area contributed by atoms with Gasteiger partial charge in [0, 0.05) is 0 Å². The van der Waals surface area contributed by atoms with E-state index in [2.05, 4.69) is 16.3 Å². The molecule has 0 amide bonds. The Morgan fingerprint density at radius 2 is 1.31 bits per heavy atom. The Balaban J connectivity index is 3.35. The van der Waals surface area contributed by atoms with Crippen molar-refractivity contribution in [3.63, 3.8) is 0 Å². The van der Waals surface area contributed by atoms with Crippen molar-refractivity contribution < 1.29 is 26.7 Å². The van der Waals surface area contributed by atoms with Crippen LogP contribution in [0.25, 0.3) is 0 Å². The Bertz CT molecular complexity index is 293. The Labute approximate surface area is 111 Å². The van der Waals surface area contributed by atoms with Gasteiger partial charge in [-0.25, -0.2) is 4.39 Å². The molecule has 0 aliphatic carbocycles. The number of halogens is 10. The lowest BCUT2D eigenvalue weighted by molar-refractivity contribution is -0.443. The summed E-state index contributed by atoms with van der Waals surface area (Å²) in [5, 5.41) is -4.77. The van der Waals surface area contributed by atoms with Crippen molar-refractivity contribution in [1.82, 2.24) is 0 Å². The third-order valence-corrected chi connectivity index (χ3v) is 3.66. The van der Waals surface area contributed by atoms with Gasteiger partial charge in [-0.3, -0.25) is 4.74 Å². The highest BCUT2D eigenvalue weighted by Gasteiger charge is 2.93. The fourth-order valence-electron chi connectivity index (χ4n) is 1.11. The summed E-state index contributed by atoms with van der Waals surface area (Å²) in [7, 11) is 0. The quantitative estimate of drug-likeness (QED) is 0.529. The third kappa shape index (κ3) is 1.61. The average Bonchev–Trinajstić information content (AvgIpc) is 1.94. The molecule has 11 heteroatoms. The first-order valence-corrected chi connectivity index (χ1v) is 5.19. The van der Waals surface area contributed by atoms with Crippen molar-refractivity contribution in [2.75, 3.05) is 0 Å². The van der Waals surface area contributed by atoms with Gasteiger partial charge in [-0.05, 0) is 11.6 Å². The molecule has 0 bridgehead atoms. The van der Waals surface area contributed by atoms with Crippen LogP contribution in [0.4, 0.5) is 22.0 Å². The van der Waals surface area contributed by atoms with Crippen molar-refractivity contribution in [3.05, 3.63) is 0 Å². The van der Waals surface area contributed by atoms with Crippen LogP contribution in [0.3, 0.4) is 0 Å². The molecule has 1 saturated heterocycles. The molecule has 1 aliphatic rings. The molecule has 0 aromatic carbocycles.